The van der Waals surface area contributed by atoms with Gasteiger partial charge in [-0.2, -0.15) is 0 Å². The van der Waals surface area contributed by atoms with Crippen LogP contribution in [0, 0.1) is 13.8 Å². The molecule has 0 aromatic heterocycles. The van der Waals surface area contributed by atoms with Gasteiger partial charge >= 0.3 is 0 Å². The van der Waals surface area contributed by atoms with E-state index in [1.165, 1.54) is 23.7 Å². The fourth-order valence-electron chi connectivity index (χ4n) is 4.00. The molecule has 0 spiro atoms. The number of carbonyl (C=O) groups excluding carboxylic acids is 1. The summed E-state index contributed by atoms with van der Waals surface area (Å²) in [6.07, 6.45) is 0.855. The van der Waals surface area contributed by atoms with Crippen molar-refractivity contribution in [1.29, 1.82) is 0 Å². The molecule has 2 N–H and O–H groups in total. The SMILES string of the molecule is COc1ccc(C(C)(O)C(=O)NCCCN2CCN(c3cc(C)ccc3C)CC2)cc1. The Hall–Kier alpha value is -2.57. The minimum absolute atomic E-state index is 0.377. The molecular formula is C25H35N3O3. The maximum absolute atomic E-state index is 12.5. The third kappa shape index (κ3) is 5.77. The Labute approximate surface area is 185 Å². The third-order valence-electron chi connectivity index (χ3n) is 6.11. The number of amides is 1. The number of carbonyl (C=O) groups is 1. The molecule has 3 rings (SSSR count). The van der Waals surface area contributed by atoms with E-state index in [9.17, 15) is 9.90 Å². The number of rotatable bonds is 8. The van der Waals surface area contributed by atoms with Crippen LogP contribution >= 0.6 is 0 Å². The van der Waals surface area contributed by atoms with Crippen LogP contribution < -0.4 is 15.0 Å². The van der Waals surface area contributed by atoms with Crippen molar-refractivity contribution >= 4 is 11.6 Å². The summed E-state index contributed by atoms with van der Waals surface area (Å²) in [7, 11) is 1.59. The number of ether oxygens (including phenoxy) is 1. The van der Waals surface area contributed by atoms with Crippen LogP contribution in [0.1, 0.15) is 30.0 Å². The van der Waals surface area contributed by atoms with Crippen LogP contribution in [0.25, 0.3) is 0 Å². The average Bonchev–Trinajstić information content (AvgIpc) is 2.78. The van der Waals surface area contributed by atoms with Gasteiger partial charge in [0.05, 0.1) is 7.11 Å². The van der Waals surface area contributed by atoms with Gasteiger partial charge in [0, 0.05) is 38.4 Å². The van der Waals surface area contributed by atoms with Gasteiger partial charge < -0.3 is 20.1 Å². The molecule has 0 radical (unpaired) electrons. The lowest BCUT2D eigenvalue weighted by Gasteiger charge is -2.37. The normalized spacial score (nSPS) is 16.6. The molecule has 1 aliphatic heterocycles. The fourth-order valence-corrected chi connectivity index (χ4v) is 4.00. The van der Waals surface area contributed by atoms with Gasteiger partial charge in [-0.1, -0.05) is 24.3 Å². The smallest absolute Gasteiger partial charge is 0.256 e. The maximum Gasteiger partial charge on any atom is 0.256 e. The number of benzene rings is 2. The number of methoxy groups -OCH3 is 1. The number of aliphatic hydroxyl groups is 1. The Morgan fingerprint density at radius 1 is 1.10 bits per heavy atom. The molecule has 1 fully saturated rings. The van der Waals surface area contributed by atoms with Crippen molar-refractivity contribution < 1.29 is 14.6 Å². The van der Waals surface area contributed by atoms with E-state index < -0.39 is 5.60 Å². The highest BCUT2D eigenvalue weighted by Crippen LogP contribution is 2.24. The van der Waals surface area contributed by atoms with Gasteiger partial charge in [0.15, 0.2) is 5.60 Å². The number of nitrogens with one attached hydrogen (secondary N) is 1. The van der Waals surface area contributed by atoms with Gasteiger partial charge in [0.25, 0.3) is 5.91 Å². The lowest BCUT2D eigenvalue weighted by Crippen LogP contribution is -2.47. The van der Waals surface area contributed by atoms with Crippen molar-refractivity contribution in [3.63, 3.8) is 0 Å². The first-order valence-corrected chi connectivity index (χ1v) is 11.0. The zero-order chi connectivity index (χ0) is 22.4. The van der Waals surface area contributed by atoms with Crippen LogP contribution in [0.3, 0.4) is 0 Å². The molecule has 0 bridgehead atoms. The largest absolute Gasteiger partial charge is 0.497 e. The molecule has 6 heteroatoms. The highest BCUT2D eigenvalue weighted by Gasteiger charge is 2.32. The Morgan fingerprint density at radius 2 is 1.77 bits per heavy atom. The standard InChI is InChI=1S/C25H35N3O3/c1-19-6-7-20(2)23(18-19)28-16-14-27(15-17-28)13-5-12-26-24(29)25(3,30)21-8-10-22(31-4)11-9-21/h6-11,18,30H,5,12-17H2,1-4H3,(H,26,29). The van der Waals surface area contributed by atoms with Crippen LogP contribution in [-0.2, 0) is 10.4 Å². The number of hydrogen-bond acceptors (Lipinski definition) is 5. The summed E-state index contributed by atoms with van der Waals surface area (Å²) in [6, 6.07) is 13.6. The summed E-state index contributed by atoms with van der Waals surface area (Å²) in [4.78, 5) is 17.4. The summed E-state index contributed by atoms with van der Waals surface area (Å²) < 4.78 is 5.13. The van der Waals surface area contributed by atoms with Crippen molar-refractivity contribution in [1.82, 2.24) is 10.2 Å². The maximum atomic E-state index is 12.5. The van der Waals surface area contributed by atoms with Crippen molar-refractivity contribution in [2.45, 2.75) is 32.8 Å². The molecule has 31 heavy (non-hydrogen) atoms. The Morgan fingerprint density at radius 3 is 2.42 bits per heavy atom. The Balaban J connectivity index is 1.41. The van der Waals surface area contributed by atoms with Crippen LogP contribution in [-0.4, -0.2) is 62.3 Å². The predicted molar refractivity (Wildman–Crippen MR) is 125 cm³/mol. The molecule has 1 unspecified atom stereocenters. The van der Waals surface area contributed by atoms with Crippen LogP contribution in [0.2, 0.25) is 0 Å². The first-order valence-electron chi connectivity index (χ1n) is 11.0. The number of anilines is 1. The van der Waals surface area contributed by atoms with E-state index in [4.69, 9.17) is 4.74 Å². The number of hydrogen-bond donors (Lipinski definition) is 2. The number of aryl methyl sites for hydroxylation is 2. The molecule has 2 aromatic rings. The Bertz CT molecular complexity index is 872. The van der Waals surface area contributed by atoms with Crippen LogP contribution in [0.5, 0.6) is 5.75 Å². The number of nitrogens with zero attached hydrogens (tertiary/aromatic N) is 2. The van der Waals surface area contributed by atoms with E-state index >= 15 is 0 Å². The molecule has 1 heterocycles. The minimum atomic E-state index is -1.57. The molecule has 1 saturated heterocycles. The lowest BCUT2D eigenvalue weighted by molar-refractivity contribution is -0.139. The molecular weight excluding hydrogens is 390 g/mol. The van der Waals surface area contributed by atoms with Crippen molar-refractivity contribution in [2.24, 2.45) is 0 Å². The first kappa shape index (κ1) is 23.1. The van der Waals surface area contributed by atoms with Gasteiger partial charge in [0.1, 0.15) is 5.75 Å². The molecule has 1 amide bonds. The fraction of sp³-hybridized carbons (Fsp3) is 0.480. The second-order valence-corrected chi connectivity index (χ2v) is 8.53. The summed E-state index contributed by atoms with van der Waals surface area (Å²) in [6.45, 7) is 11.4. The van der Waals surface area contributed by atoms with E-state index in [0.29, 0.717) is 17.9 Å². The second kappa shape index (κ2) is 10.2. The summed E-state index contributed by atoms with van der Waals surface area (Å²) >= 11 is 0. The quantitative estimate of drug-likeness (QED) is 0.637. The highest BCUT2D eigenvalue weighted by molar-refractivity contribution is 5.85. The molecule has 168 valence electrons. The van der Waals surface area contributed by atoms with Crippen LogP contribution in [0.4, 0.5) is 5.69 Å². The summed E-state index contributed by atoms with van der Waals surface area (Å²) in [5.41, 5.74) is 2.94. The summed E-state index contributed by atoms with van der Waals surface area (Å²) in [5, 5.41) is 13.6. The molecule has 1 aliphatic rings. The van der Waals surface area contributed by atoms with E-state index in [1.54, 1.807) is 31.4 Å². The molecule has 0 saturated carbocycles. The van der Waals surface area contributed by atoms with Gasteiger partial charge in [-0.25, -0.2) is 0 Å². The highest BCUT2D eigenvalue weighted by atomic mass is 16.5. The van der Waals surface area contributed by atoms with Crippen molar-refractivity contribution in [3.8, 4) is 5.75 Å². The molecule has 6 nitrogen and oxygen atoms in total. The van der Waals surface area contributed by atoms with Gasteiger partial charge in [0.2, 0.25) is 0 Å². The third-order valence-corrected chi connectivity index (χ3v) is 6.11. The zero-order valence-electron chi connectivity index (χ0n) is 19.1. The minimum Gasteiger partial charge on any atom is -0.497 e. The first-order chi connectivity index (χ1) is 14.8. The van der Waals surface area contributed by atoms with Crippen LogP contribution in [0.15, 0.2) is 42.5 Å². The van der Waals surface area contributed by atoms with Gasteiger partial charge in [-0.15, -0.1) is 0 Å². The van der Waals surface area contributed by atoms with E-state index in [0.717, 1.165) is 39.1 Å². The summed E-state index contributed by atoms with van der Waals surface area (Å²) in [5.74, 6) is 0.315. The van der Waals surface area contributed by atoms with E-state index in [1.807, 2.05) is 0 Å². The molecule has 0 aliphatic carbocycles. The number of piperazine rings is 1. The zero-order valence-corrected chi connectivity index (χ0v) is 19.1. The topological polar surface area (TPSA) is 65.0 Å². The van der Waals surface area contributed by atoms with Gasteiger partial charge in [-0.05, 0) is 68.6 Å². The lowest BCUT2D eigenvalue weighted by atomic mass is 9.95. The second-order valence-electron chi connectivity index (χ2n) is 8.53. The molecule has 1 atom stereocenters. The van der Waals surface area contributed by atoms with Crippen molar-refractivity contribution in [2.75, 3.05) is 51.3 Å². The van der Waals surface area contributed by atoms with E-state index in [-0.39, 0.29) is 5.91 Å². The average molecular weight is 426 g/mol. The Kier molecular flexibility index (Phi) is 7.57. The monoisotopic (exact) mass is 425 g/mol. The molecule has 2 aromatic carbocycles. The van der Waals surface area contributed by atoms with E-state index in [2.05, 4.69) is 47.2 Å². The van der Waals surface area contributed by atoms with Gasteiger partial charge in [-0.3, -0.25) is 9.69 Å². The van der Waals surface area contributed by atoms with Crippen molar-refractivity contribution in [3.05, 3.63) is 59.2 Å². The predicted octanol–water partition coefficient (Wildman–Crippen LogP) is 2.85.